The van der Waals surface area contributed by atoms with Crippen LogP contribution in [0.2, 0.25) is 0 Å². The third-order valence-corrected chi connectivity index (χ3v) is 3.46. The van der Waals surface area contributed by atoms with Crippen molar-refractivity contribution in [2.24, 2.45) is 0 Å². The minimum atomic E-state index is -0.502. The largest absolute Gasteiger partial charge is 1.00 e. The van der Waals surface area contributed by atoms with Gasteiger partial charge < -0.3 is 27.2 Å². The number of rotatable bonds is 7. The van der Waals surface area contributed by atoms with Crippen molar-refractivity contribution in [1.29, 1.82) is 0 Å². The molecule has 6 nitrogen and oxygen atoms in total. The molecule has 0 aliphatic heterocycles. The summed E-state index contributed by atoms with van der Waals surface area (Å²) in [4.78, 5) is 23.6. The van der Waals surface area contributed by atoms with Gasteiger partial charge in [-0.1, -0.05) is 30.3 Å². The van der Waals surface area contributed by atoms with E-state index in [2.05, 4.69) is 5.32 Å². The minimum absolute atomic E-state index is 0. The number of nitrogens with one attached hydrogen (secondary N) is 1. The van der Waals surface area contributed by atoms with Crippen molar-refractivity contribution in [3.8, 4) is 0 Å². The number of carbonyl (C=O) groups excluding carboxylic acids is 2. The van der Waals surface area contributed by atoms with E-state index >= 15 is 0 Å². The van der Waals surface area contributed by atoms with Crippen molar-refractivity contribution in [1.82, 2.24) is 5.32 Å². The van der Waals surface area contributed by atoms with Crippen LogP contribution in [0, 0.1) is 0 Å². The molecule has 2 aromatic rings. The molecule has 0 spiro atoms. The van der Waals surface area contributed by atoms with E-state index in [9.17, 15) is 9.59 Å². The number of ether oxygens (including phenoxy) is 2. The molecule has 0 aliphatic carbocycles. The summed E-state index contributed by atoms with van der Waals surface area (Å²) < 4.78 is 11.7. The van der Waals surface area contributed by atoms with Gasteiger partial charge in [-0.15, -0.1) is 0 Å². The summed E-state index contributed by atoms with van der Waals surface area (Å²) in [5.41, 5.74) is 1.55. The summed E-state index contributed by atoms with van der Waals surface area (Å²) in [7, 11) is 0. The van der Waals surface area contributed by atoms with Gasteiger partial charge in [0.25, 0.3) is 6.73 Å². The molecule has 0 aliphatic rings. The van der Waals surface area contributed by atoms with Gasteiger partial charge in [0, 0.05) is 12.1 Å². The lowest BCUT2D eigenvalue weighted by molar-refractivity contribution is -0.727. The number of esters is 1. The first-order chi connectivity index (χ1) is 12.1. The van der Waals surface area contributed by atoms with Gasteiger partial charge in [-0.25, -0.2) is 9.59 Å². The summed E-state index contributed by atoms with van der Waals surface area (Å²) in [6, 6.07) is 13.2. The molecule has 1 atom stereocenters. The van der Waals surface area contributed by atoms with E-state index < -0.39 is 12.1 Å². The first kappa shape index (κ1) is 21.4. The first-order valence-corrected chi connectivity index (χ1v) is 8.22. The number of aromatic nitrogens is 1. The SMILES string of the molecule is CCOC(=O)c1ccc[n+](COC(=O)N[C@@H](C)Cc2ccccc2)c1.[Cl-]. The van der Waals surface area contributed by atoms with Crippen molar-refractivity contribution in [3.63, 3.8) is 0 Å². The second-order valence-corrected chi connectivity index (χ2v) is 5.62. The molecule has 140 valence electrons. The molecule has 1 aromatic heterocycles. The number of benzene rings is 1. The van der Waals surface area contributed by atoms with Gasteiger partial charge in [0.05, 0.1) is 6.61 Å². The topological polar surface area (TPSA) is 68.5 Å². The molecule has 0 bridgehead atoms. The quantitative estimate of drug-likeness (QED) is 0.519. The Morgan fingerprint density at radius 2 is 1.85 bits per heavy atom. The van der Waals surface area contributed by atoms with E-state index in [0.717, 1.165) is 12.0 Å². The Morgan fingerprint density at radius 3 is 2.54 bits per heavy atom. The van der Waals surface area contributed by atoms with Crippen LogP contribution < -0.4 is 22.3 Å². The van der Waals surface area contributed by atoms with Crippen molar-refractivity contribution in [2.45, 2.75) is 33.0 Å². The van der Waals surface area contributed by atoms with Crippen LogP contribution in [0.25, 0.3) is 0 Å². The summed E-state index contributed by atoms with van der Waals surface area (Å²) >= 11 is 0. The maximum absolute atomic E-state index is 11.9. The molecule has 1 heterocycles. The Morgan fingerprint density at radius 1 is 1.12 bits per heavy atom. The number of hydrogen-bond donors (Lipinski definition) is 1. The molecular weight excluding hydrogens is 356 g/mol. The number of carbonyl (C=O) groups is 2. The number of nitrogens with zero attached hydrogens (tertiary/aromatic N) is 1. The lowest BCUT2D eigenvalue weighted by Crippen LogP contribution is -3.00. The van der Waals surface area contributed by atoms with Crippen LogP contribution >= 0.6 is 0 Å². The second kappa shape index (κ2) is 11.1. The van der Waals surface area contributed by atoms with Crippen molar-refractivity contribution in [3.05, 3.63) is 66.0 Å². The van der Waals surface area contributed by atoms with Gasteiger partial charge in [-0.3, -0.25) is 0 Å². The van der Waals surface area contributed by atoms with Crippen molar-refractivity contribution < 1.29 is 36.0 Å². The van der Waals surface area contributed by atoms with E-state index in [1.807, 2.05) is 37.3 Å². The number of alkyl carbamates (subject to hydrolysis) is 1. The van der Waals surface area contributed by atoms with Gasteiger partial charge in [-0.2, -0.15) is 4.57 Å². The van der Waals surface area contributed by atoms with E-state index in [1.54, 1.807) is 36.0 Å². The highest BCUT2D eigenvalue weighted by molar-refractivity contribution is 5.88. The highest BCUT2D eigenvalue weighted by Crippen LogP contribution is 2.03. The molecule has 0 fully saturated rings. The van der Waals surface area contributed by atoms with E-state index in [4.69, 9.17) is 9.47 Å². The monoisotopic (exact) mass is 378 g/mol. The van der Waals surface area contributed by atoms with Crippen LogP contribution in [0.3, 0.4) is 0 Å². The zero-order chi connectivity index (χ0) is 18.1. The average molecular weight is 379 g/mol. The number of halogens is 1. The zero-order valence-electron chi connectivity index (χ0n) is 14.9. The average Bonchev–Trinajstić information content (AvgIpc) is 2.61. The fourth-order valence-corrected chi connectivity index (χ4v) is 2.33. The standard InChI is InChI=1S/C19H22N2O4.ClH/c1-3-24-18(22)17-10-7-11-21(13-17)14-25-19(23)20-15(2)12-16-8-5-4-6-9-16;/h4-11,13,15H,3,12,14H2,1-2H3;1H/t15-;/m0./s1. The summed E-state index contributed by atoms with van der Waals surface area (Å²) in [6.45, 7) is 3.99. The first-order valence-electron chi connectivity index (χ1n) is 8.22. The molecule has 0 unspecified atom stereocenters. The fourth-order valence-electron chi connectivity index (χ4n) is 2.33. The summed E-state index contributed by atoms with van der Waals surface area (Å²) in [6.07, 6.45) is 3.52. The van der Waals surface area contributed by atoms with Gasteiger partial charge in [0.1, 0.15) is 5.56 Å². The van der Waals surface area contributed by atoms with Crippen LogP contribution in [-0.2, 0) is 22.6 Å². The molecule has 1 amide bonds. The smallest absolute Gasteiger partial charge is 0.412 e. The van der Waals surface area contributed by atoms with E-state index in [0.29, 0.717) is 12.2 Å². The predicted octanol–water partition coefficient (Wildman–Crippen LogP) is -0.530. The second-order valence-electron chi connectivity index (χ2n) is 5.62. The van der Waals surface area contributed by atoms with Crippen LogP contribution in [0.15, 0.2) is 54.9 Å². The normalized spacial score (nSPS) is 11.0. The highest BCUT2D eigenvalue weighted by atomic mass is 35.5. The maximum Gasteiger partial charge on any atom is 0.412 e. The molecule has 1 aromatic carbocycles. The van der Waals surface area contributed by atoms with E-state index in [-0.39, 0.29) is 25.2 Å². The molecule has 0 radical (unpaired) electrons. The van der Waals surface area contributed by atoms with Crippen molar-refractivity contribution in [2.75, 3.05) is 6.61 Å². The summed E-state index contributed by atoms with van der Waals surface area (Å²) in [5.74, 6) is -0.405. The van der Waals surface area contributed by atoms with Gasteiger partial charge in [0.2, 0.25) is 0 Å². The lowest BCUT2D eigenvalue weighted by Gasteiger charge is -2.13. The molecular formula is C19H23ClN2O4. The van der Waals surface area contributed by atoms with Gasteiger partial charge >= 0.3 is 12.1 Å². The Kier molecular flexibility index (Phi) is 9.15. The van der Waals surface area contributed by atoms with Crippen LogP contribution in [0.5, 0.6) is 0 Å². The van der Waals surface area contributed by atoms with E-state index in [1.165, 1.54) is 0 Å². The predicted molar refractivity (Wildman–Crippen MR) is 91.8 cm³/mol. The molecule has 26 heavy (non-hydrogen) atoms. The Balaban J connectivity index is 0.00000338. The van der Waals surface area contributed by atoms with Gasteiger partial charge in [-0.05, 0) is 31.9 Å². The third-order valence-electron chi connectivity index (χ3n) is 3.46. The molecule has 0 saturated heterocycles. The zero-order valence-corrected chi connectivity index (χ0v) is 15.6. The Hall–Kier alpha value is -2.60. The van der Waals surface area contributed by atoms with Crippen molar-refractivity contribution >= 4 is 12.1 Å². The fraction of sp³-hybridized carbons (Fsp3) is 0.316. The number of hydrogen-bond acceptors (Lipinski definition) is 4. The maximum atomic E-state index is 11.9. The Labute approximate surface area is 159 Å². The summed E-state index contributed by atoms with van der Waals surface area (Å²) in [5, 5.41) is 2.79. The number of pyridine rings is 1. The van der Waals surface area contributed by atoms with Crippen LogP contribution in [-0.4, -0.2) is 24.7 Å². The minimum Gasteiger partial charge on any atom is -1.00 e. The Bertz CT molecular complexity index is 710. The highest BCUT2D eigenvalue weighted by Gasteiger charge is 2.14. The van der Waals surface area contributed by atoms with Crippen LogP contribution in [0.4, 0.5) is 4.79 Å². The lowest BCUT2D eigenvalue weighted by atomic mass is 10.1. The molecule has 2 rings (SSSR count). The van der Waals surface area contributed by atoms with Crippen LogP contribution in [0.1, 0.15) is 29.8 Å². The number of amides is 1. The molecule has 7 heteroatoms. The molecule has 1 N–H and O–H groups in total. The third kappa shape index (κ3) is 7.11. The van der Waals surface area contributed by atoms with Gasteiger partial charge in [0.15, 0.2) is 12.4 Å². The molecule has 0 saturated carbocycles.